The largest absolute Gasteiger partial charge is 0.481 e. The Bertz CT molecular complexity index is 419. The number of carbonyl (C=O) groups is 1. The van der Waals surface area contributed by atoms with Crippen molar-refractivity contribution in [1.82, 2.24) is 5.32 Å². The Morgan fingerprint density at radius 1 is 1.50 bits per heavy atom. The summed E-state index contributed by atoms with van der Waals surface area (Å²) in [5, 5.41) is 12.3. The van der Waals surface area contributed by atoms with Crippen molar-refractivity contribution in [1.29, 1.82) is 0 Å². The van der Waals surface area contributed by atoms with Gasteiger partial charge in [0.15, 0.2) is 0 Å². The molecular weight excluding hydrogens is 270 g/mol. The second kappa shape index (κ2) is 4.55. The van der Waals surface area contributed by atoms with Crippen molar-refractivity contribution in [2.24, 2.45) is 5.92 Å². The highest BCUT2D eigenvalue weighted by Gasteiger charge is 2.34. The summed E-state index contributed by atoms with van der Waals surface area (Å²) >= 11 is 3.42. The molecule has 1 heterocycles. The second-order valence-corrected chi connectivity index (χ2v) is 5.13. The molecule has 1 aromatic carbocycles. The predicted octanol–water partition coefficient (Wildman–Crippen LogP) is 2.15. The lowest BCUT2D eigenvalue weighted by Crippen LogP contribution is -2.21. The highest BCUT2D eigenvalue weighted by molar-refractivity contribution is 9.10. The topological polar surface area (TPSA) is 49.3 Å². The Balaban J connectivity index is 2.32. The highest BCUT2D eigenvalue weighted by atomic mass is 79.9. The third-order valence-electron chi connectivity index (χ3n) is 3.16. The molecule has 86 valence electrons. The molecule has 16 heavy (non-hydrogen) atoms. The summed E-state index contributed by atoms with van der Waals surface area (Å²) in [4.78, 5) is 11.1. The number of carboxylic acid groups (broad SMARTS) is 1. The van der Waals surface area contributed by atoms with Crippen LogP contribution in [-0.2, 0) is 4.79 Å². The summed E-state index contributed by atoms with van der Waals surface area (Å²) < 4.78 is 1.03. The lowest BCUT2D eigenvalue weighted by atomic mass is 9.86. The maximum absolute atomic E-state index is 11.1. The average molecular weight is 284 g/mol. The Labute approximate surface area is 103 Å². The normalized spacial score (nSPS) is 24.6. The number of benzene rings is 1. The number of nitrogens with one attached hydrogen (secondary N) is 1. The molecule has 0 amide bonds. The standard InChI is InChI=1S/C12H14BrNO2/c1-7-4-8(13)2-3-9(7)10-5-14-6-11(10)12(15)16/h2-4,10-11,14H,5-6H2,1H3,(H,15,16). The molecule has 2 rings (SSSR count). The molecular formula is C12H14BrNO2. The summed E-state index contributed by atoms with van der Waals surface area (Å²) in [5.41, 5.74) is 2.29. The van der Waals surface area contributed by atoms with E-state index in [-0.39, 0.29) is 11.8 Å². The van der Waals surface area contributed by atoms with Crippen LogP contribution >= 0.6 is 15.9 Å². The van der Waals surface area contributed by atoms with Gasteiger partial charge >= 0.3 is 5.97 Å². The number of aryl methyl sites for hydroxylation is 1. The Kier molecular flexibility index (Phi) is 3.30. The number of hydrogen-bond acceptors (Lipinski definition) is 2. The van der Waals surface area contributed by atoms with Gasteiger partial charge in [-0.2, -0.15) is 0 Å². The molecule has 1 aliphatic heterocycles. The summed E-state index contributed by atoms with van der Waals surface area (Å²) in [6, 6.07) is 6.03. The van der Waals surface area contributed by atoms with E-state index in [4.69, 9.17) is 5.11 Å². The number of rotatable bonds is 2. The van der Waals surface area contributed by atoms with Crippen molar-refractivity contribution >= 4 is 21.9 Å². The third-order valence-corrected chi connectivity index (χ3v) is 3.66. The van der Waals surface area contributed by atoms with Gasteiger partial charge < -0.3 is 10.4 Å². The van der Waals surface area contributed by atoms with Crippen LogP contribution in [-0.4, -0.2) is 24.2 Å². The molecule has 0 bridgehead atoms. The fraction of sp³-hybridized carbons (Fsp3) is 0.417. The summed E-state index contributed by atoms with van der Waals surface area (Å²) in [7, 11) is 0. The molecule has 4 heteroatoms. The SMILES string of the molecule is Cc1cc(Br)ccc1C1CNCC1C(=O)O. The van der Waals surface area contributed by atoms with Crippen LogP contribution in [0.4, 0.5) is 0 Å². The van der Waals surface area contributed by atoms with Crippen LogP contribution in [0.3, 0.4) is 0 Å². The predicted molar refractivity (Wildman–Crippen MR) is 65.6 cm³/mol. The summed E-state index contributed by atoms with van der Waals surface area (Å²) in [6.45, 7) is 3.34. The zero-order chi connectivity index (χ0) is 11.7. The fourth-order valence-electron chi connectivity index (χ4n) is 2.32. The minimum Gasteiger partial charge on any atom is -0.481 e. The lowest BCUT2D eigenvalue weighted by molar-refractivity contribution is -0.141. The van der Waals surface area contributed by atoms with Gasteiger partial charge in [-0.05, 0) is 30.2 Å². The quantitative estimate of drug-likeness (QED) is 0.874. The number of halogens is 1. The number of hydrogen-bond donors (Lipinski definition) is 2. The third kappa shape index (κ3) is 2.13. The van der Waals surface area contributed by atoms with Crippen molar-refractivity contribution in [2.75, 3.05) is 13.1 Å². The summed E-state index contributed by atoms with van der Waals surface area (Å²) in [6.07, 6.45) is 0. The Hall–Kier alpha value is -0.870. The first-order valence-electron chi connectivity index (χ1n) is 5.29. The average Bonchev–Trinajstić information content (AvgIpc) is 2.66. The monoisotopic (exact) mass is 283 g/mol. The van der Waals surface area contributed by atoms with Gasteiger partial charge in [0, 0.05) is 23.5 Å². The van der Waals surface area contributed by atoms with Crippen molar-refractivity contribution in [3.63, 3.8) is 0 Å². The molecule has 2 N–H and O–H groups in total. The van der Waals surface area contributed by atoms with Gasteiger partial charge in [0.2, 0.25) is 0 Å². The van der Waals surface area contributed by atoms with Crippen LogP contribution in [0.5, 0.6) is 0 Å². The van der Waals surface area contributed by atoms with E-state index in [1.165, 1.54) is 0 Å². The van der Waals surface area contributed by atoms with Crippen LogP contribution in [0.2, 0.25) is 0 Å². The summed E-state index contributed by atoms with van der Waals surface area (Å²) in [5.74, 6) is -0.928. The zero-order valence-corrected chi connectivity index (χ0v) is 10.6. The van der Waals surface area contributed by atoms with Gasteiger partial charge in [-0.1, -0.05) is 22.0 Å². The van der Waals surface area contributed by atoms with Crippen molar-refractivity contribution in [3.05, 3.63) is 33.8 Å². The Morgan fingerprint density at radius 2 is 2.25 bits per heavy atom. The minimum atomic E-state index is -0.711. The van der Waals surface area contributed by atoms with Gasteiger partial charge in [-0.25, -0.2) is 0 Å². The van der Waals surface area contributed by atoms with Gasteiger partial charge in [-0.3, -0.25) is 4.79 Å². The molecule has 1 aliphatic rings. The minimum absolute atomic E-state index is 0.0885. The molecule has 2 unspecified atom stereocenters. The fourth-order valence-corrected chi connectivity index (χ4v) is 2.80. The molecule has 2 atom stereocenters. The van der Waals surface area contributed by atoms with E-state index in [2.05, 4.69) is 21.2 Å². The lowest BCUT2D eigenvalue weighted by Gasteiger charge is -2.17. The van der Waals surface area contributed by atoms with Crippen LogP contribution in [0.15, 0.2) is 22.7 Å². The molecule has 0 aromatic heterocycles. The second-order valence-electron chi connectivity index (χ2n) is 4.21. The first kappa shape index (κ1) is 11.6. The molecule has 0 saturated carbocycles. The van der Waals surface area contributed by atoms with Crippen LogP contribution in [0.1, 0.15) is 17.0 Å². The maximum Gasteiger partial charge on any atom is 0.308 e. The van der Waals surface area contributed by atoms with Crippen molar-refractivity contribution in [3.8, 4) is 0 Å². The smallest absolute Gasteiger partial charge is 0.308 e. The van der Waals surface area contributed by atoms with E-state index in [1.54, 1.807) is 0 Å². The highest BCUT2D eigenvalue weighted by Crippen LogP contribution is 2.31. The number of carboxylic acids is 1. The maximum atomic E-state index is 11.1. The molecule has 1 saturated heterocycles. The molecule has 3 nitrogen and oxygen atoms in total. The Morgan fingerprint density at radius 3 is 2.88 bits per heavy atom. The molecule has 1 aromatic rings. The van der Waals surface area contributed by atoms with Gasteiger partial charge in [-0.15, -0.1) is 0 Å². The van der Waals surface area contributed by atoms with Crippen LogP contribution < -0.4 is 5.32 Å². The first-order chi connectivity index (χ1) is 7.59. The van der Waals surface area contributed by atoms with E-state index < -0.39 is 5.97 Å². The van der Waals surface area contributed by atoms with Crippen LogP contribution in [0, 0.1) is 12.8 Å². The molecule has 0 radical (unpaired) electrons. The van der Waals surface area contributed by atoms with E-state index in [0.717, 1.165) is 22.1 Å². The van der Waals surface area contributed by atoms with E-state index in [0.29, 0.717) is 6.54 Å². The molecule has 0 aliphatic carbocycles. The van der Waals surface area contributed by atoms with E-state index >= 15 is 0 Å². The van der Waals surface area contributed by atoms with Crippen LogP contribution in [0.25, 0.3) is 0 Å². The van der Waals surface area contributed by atoms with E-state index in [9.17, 15) is 4.79 Å². The van der Waals surface area contributed by atoms with Gasteiger partial charge in [0.05, 0.1) is 5.92 Å². The van der Waals surface area contributed by atoms with E-state index in [1.807, 2.05) is 25.1 Å². The van der Waals surface area contributed by atoms with Gasteiger partial charge in [0.25, 0.3) is 0 Å². The molecule has 0 spiro atoms. The first-order valence-corrected chi connectivity index (χ1v) is 6.08. The van der Waals surface area contributed by atoms with Crippen molar-refractivity contribution in [2.45, 2.75) is 12.8 Å². The molecule has 1 fully saturated rings. The van der Waals surface area contributed by atoms with Gasteiger partial charge in [0.1, 0.15) is 0 Å². The van der Waals surface area contributed by atoms with Crippen molar-refractivity contribution < 1.29 is 9.90 Å². The number of aliphatic carboxylic acids is 1. The zero-order valence-electron chi connectivity index (χ0n) is 9.03.